The molecule has 1 rings (SSSR count). The molecular weight excluding hydrogens is 250 g/mol. The maximum atomic E-state index is 12.6. The zero-order valence-corrected chi connectivity index (χ0v) is 12.8. The Hall–Kier alpha value is -0.170. The van der Waals surface area contributed by atoms with Gasteiger partial charge < -0.3 is 10.2 Å². The normalized spacial score (nSPS) is 25.9. The van der Waals surface area contributed by atoms with Gasteiger partial charge in [-0.05, 0) is 40.4 Å². The molecule has 2 unspecified atom stereocenters. The molecule has 0 aromatic carbocycles. The highest BCUT2D eigenvalue weighted by atomic mass is 32.2. The molecule has 0 radical (unpaired) electrons. The van der Waals surface area contributed by atoms with Crippen LogP contribution in [0, 0.1) is 0 Å². The average molecular weight is 277 g/mol. The van der Waals surface area contributed by atoms with Crippen LogP contribution in [0.3, 0.4) is 0 Å². The molecule has 1 N–H and O–H groups in total. The summed E-state index contributed by atoms with van der Waals surface area (Å²) in [5.41, 5.74) is 0. The highest BCUT2D eigenvalue weighted by molar-refractivity contribution is 7.89. The third kappa shape index (κ3) is 3.66. The van der Waals surface area contributed by atoms with E-state index in [1.807, 2.05) is 0 Å². The lowest BCUT2D eigenvalue weighted by molar-refractivity contribution is 0.269. The first-order chi connectivity index (χ1) is 8.43. The lowest BCUT2D eigenvalue weighted by Crippen LogP contribution is -2.48. The van der Waals surface area contributed by atoms with Crippen LogP contribution in [0.25, 0.3) is 0 Å². The van der Waals surface area contributed by atoms with E-state index in [-0.39, 0.29) is 11.3 Å². The fraction of sp³-hybridized carbons (Fsp3) is 1.00. The van der Waals surface area contributed by atoms with Gasteiger partial charge in [0.05, 0.1) is 5.25 Å². The summed E-state index contributed by atoms with van der Waals surface area (Å²) in [4.78, 5) is 2.23. The highest BCUT2D eigenvalue weighted by Gasteiger charge is 2.34. The van der Waals surface area contributed by atoms with Crippen LogP contribution in [0.15, 0.2) is 0 Å². The fourth-order valence-electron chi connectivity index (χ4n) is 2.51. The molecule has 0 aromatic heterocycles. The molecule has 0 aliphatic carbocycles. The summed E-state index contributed by atoms with van der Waals surface area (Å²) < 4.78 is 26.9. The Balaban J connectivity index is 2.89. The summed E-state index contributed by atoms with van der Waals surface area (Å²) in [7, 11) is 0.668. The Morgan fingerprint density at radius 1 is 1.39 bits per heavy atom. The minimum absolute atomic E-state index is 0.113. The quantitative estimate of drug-likeness (QED) is 0.787. The first kappa shape index (κ1) is 15.9. The zero-order chi connectivity index (χ0) is 13.8. The number of nitrogens with zero attached hydrogens (tertiary/aromatic N) is 2. The van der Waals surface area contributed by atoms with Gasteiger partial charge >= 0.3 is 0 Å². The third-order valence-electron chi connectivity index (χ3n) is 3.65. The minimum atomic E-state index is -3.19. The van der Waals surface area contributed by atoms with Crippen LogP contribution in [0.5, 0.6) is 0 Å². The van der Waals surface area contributed by atoms with Gasteiger partial charge in [-0.3, -0.25) is 0 Å². The van der Waals surface area contributed by atoms with E-state index >= 15 is 0 Å². The topological polar surface area (TPSA) is 52.7 Å². The second-order valence-corrected chi connectivity index (χ2v) is 7.51. The molecule has 1 saturated heterocycles. The highest BCUT2D eigenvalue weighted by Crippen LogP contribution is 2.19. The Bertz CT molecular complexity index is 345. The van der Waals surface area contributed by atoms with Crippen LogP contribution in [0.2, 0.25) is 0 Å². The van der Waals surface area contributed by atoms with E-state index in [4.69, 9.17) is 0 Å². The van der Waals surface area contributed by atoms with Crippen molar-refractivity contribution < 1.29 is 8.42 Å². The second-order valence-electron chi connectivity index (χ2n) is 5.20. The van der Waals surface area contributed by atoms with Gasteiger partial charge in [0.25, 0.3) is 0 Å². The first-order valence-corrected chi connectivity index (χ1v) is 8.27. The molecule has 5 nitrogen and oxygen atoms in total. The molecule has 18 heavy (non-hydrogen) atoms. The van der Waals surface area contributed by atoms with Crippen molar-refractivity contribution in [1.29, 1.82) is 0 Å². The third-order valence-corrected chi connectivity index (χ3v) is 5.96. The maximum absolute atomic E-state index is 12.6. The Kier molecular flexibility index (Phi) is 6.04. The molecule has 0 bridgehead atoms. The van der Waals surface area contributed by atoms with Crippen molar-refractivity contribution in [3.8, 4) is 0 Å². The largest absolute Gasteiger partial charge is 0.318 e. The van der Waals surface area contributed by atoms with Crippen molar-refractivity contribution in [3.63, 3.8) is 0 Å². The van der Waals surface area contributed by atoms with Crippen molar-refractivity contribution in [2.75, 3.05) is 40.3 Å². The molecule has 1 heterocycles. The summed E-state index contributed by atoms with van der Waals surface area (Å²) in [6.07, 6.45) is 1.79. The van der Waals surface area contributed by atoms with Crippen molar-refractivity contribution >= 4 is 10.0 Å². The summed E-state index contributed by atoms with van der Waals surface area (Å²) >= 11 is 0. The van der Waals surface area contributed by atoms with E-state index in [0.29, 0.717) is 13.1 Å². The van der Waals surface area contributed by atoms with Crippen molar-refractivity contribution in [2.45, 2.75) is 38.0 Å². The maximum Gasteiger partial charge on any atom is 0.218 e. The predicted octanol–water partition coefficient (Wildman–Crippen LogP) is 0.340. The van der Waals surface area contributed by atoms with Crippen molar-refractivity contribution in [3.05, 3.63) is 0 Å². The van der Waals surface area contributed by atoms with E-state index < -0.39 is 10.0 Å². The predicted molar refractivity (Wildman–Crippen MR) is 75.2 cm³/mol. The van der Waals surface area contributed by atoms with Gasteiger partial charge in [0.1, 0.15) is 0 Å². The van der Waals surface area contributed by atoms with Gasteiger partial charge in [-0.15, -0.1) is 0 Å². The molecule has 1 aliphatic heterocycles. The van der Waals surface area contributed by atoms with Crippen LogP contribution in [0.1, 0.15) is 26.7 Å². The monoisotopic (exact) mass is 277 g/mol. The standard InChI is InChI=1S/C12H27N3O2S/c1-5-12-10-14(4)7-6-8-15(12)18(16,17)11(2)9-13-3/h11-13H,5-10H2,1-4H3. The molecule has 108 valence electrons. The molecule has 1 fully saturated rings. The summed E-state index contributed by atoms with van der Waals surface area (Å²) in [5, 5.41) is 2.59. The molecule has 0 spiro atoms. The molecule has 6 heteroatoms. The van der Waals surface area contributed by atoms with Gasteiger partial charge in [-0.1, -0.05) is 6.92 Å². The van der Waals surface area contributed by atoms with Crippen LogP contribution in [-0.2, 0) is 10.0 Å². The molecule has 0 aromatic rings. The Labute approximate surface area is 112 Å². The van der Waals surface area contributed by atoms with E-state index in [1.54, 1.807) is 18.3 Å². The van der Waals surface area contributed by atoms with Crippen molar-refractivity contribution in [2.24, 2.45) is 0 Å². The SMILES string of the molecule is CCC1CN(C)CCCN1S(=O)(=O)C(C)CNC. The summed E-state index contributed by atoms with van der Waals surface area (Å²) in [5.74, 6) is 0. The van der Waals surface area contributed by atoms with E-state index in [9.17, 15) is 8.42 Å². The Morgan fingerprint density at radius 2 is 2.06 bits per heavy atom. The van der Waals surface area contributed by atoms with E-state index in [0.717, 1.165) is 25.9 Å². The van der Waals surface area contributed by atoms with Crippen LogP contribution in [-0.4, -0.2) is 69.2 Å². The van der Waals surface area contributed by atoms with E-state index in [1.165, 1.54) is 0 Å². The molecule has 0 saturated carbocycles. The first-order valence-electron chi connectivity index (χ1n) is 6.77. The summed E-state index contributed by atoms with van der Waals surface area (Å²) in [6, 6.07) is 0.113. The lowest BCUT2D eigenvalue weighted by atomic mass is 10.2. The summed E-state index contributed by atoms with van der Waals surface area (Å²) in [6.45, 7) is 6.82. The minimum Gasteiger partial charge on any atom is -0.318 e. The Morgan fingerprint density at radius 3 is 2.61 bits per heavy atom. The van der Waals surface area contributed by atoms with Crippen molar-refractivity contribution in [1.82, 2.24) is 14.5 Å². The smallest absolute Gasteiger partial charge is 0.218 e. The molecular formula is C12H27N3O2S. The number of sulfonamides is 1. The van der Waals surface area contributed by atoms with Gasteiger partial charge in [0.2, 0.25) is 10.0 Å². The van der Waals surface area contributed by atoms with Crippen LogP contribution < -0.4 is 5.32 Å². The van der Waals surface area contributed by atoms with Gasteiger partial charge in [-0.25, -0.2) is 8.42 Å². The fourth-order valence-corrected chi connectivity index (χ4v) is 4.37. The van der Waals surface area contributed by atoms with Gasteiger partial charge in [0, 0.05) is 25.7 Å². The molecule has 0 amide bonds. The number of likely N-dealkylation sites (N-methyl/N-ethyl adjacent to an activating group) is 1. The number of nitrogens with one attached hydrogen (secondary N) is 1. The van der Waals surface area contributed by atoms with E-state index in [2.05, 4.69) is 24.2 Å². The van der Waals surface area contributed by atoms with Crippen LogP contribution in [0.4, 0.5) is 0 Å². The van der Waals surface area contributed by atoms with Crippen LogP contribution >= 0.6 is 0 Å². The zero-order valence-electron chi connectivity index (χ0n) is 12.0. The second kappa shape index (κ2) is 6.84. The number of rotatable bonds is 5. The number of hydrogen-bond donors (Lipinski definition) is 1. The van der Waals surface area contributed by atoms with Gasteiger partial charge in [0.15, 0.2) is 0 Å². The lowest BCUT2D eigenvalue weighted by Gasteiger charge is -2.31. The van der Waals surface area contributed by atoms with Gasteiger partial charge in [-0.2, -0.15) is 4.31 Å². The number of hydrogen-bond acceptors (Lipinski definition) is 4. The molecule has 2 atom stereocenters. The average Bonchev–Trinajstić information content (AvgIpc) is 2.51. The molecule has 1 aliphatic rings.